The largest absolute Gasteiger partial charge is 0.398 e. The van der Waals surface area contributed by atoms with Crippen LogP contribution in [0, 0.1) is 10.1 Å². The summed E-state index contributed by atoms with van der Waals surface area (Å²) in [7, 11) is 0. The highest BCUT2D eigenvalue weighted by Crippen LogP contribution is 2.21. The van der Waals surface area contributed by atoms with E-state index >= 15 is 0 Å². The molecule has 0 spiro atoms. The Morgan fingerprint density at radius 1 is 1.41 bits per heavy atom. The fourth-order valence-corrected chi connectivity index (χ4v) is 1.84. The van der Waals surface area contributed by atoms with E-state index in [1.807, 2.05) is 0 Å². The Balaban J connectivity index is 2.08. The Labute approximate surface area is 99.1 Å². The number of ether oxygens (including phenoxy) is 1. The maximum atomic E-state index is 10.6. The molecule has 6 nitrogen and oxygen atoms in total. The van der Waals surface area contributed by atoms with Gasteiger partial charge in [-0.15, -0.1) is 0 Å². The van der Waals surface area contributed by atoms with Crippen molar-refractivity contribution < 1.29 is 9.66 Å². The highest BCUT2D eigenvalue weighted by atomic mass is 16.6. The van der Waals surface area contributed by atoms with Crippen LogP contribution in [0.15, 0.2) is 18.2 Å². The van der Waals surface area contributed by atoms with Crippen molar-refractivity contribution in [3.8, 4) is 0 Å². The van der Waals surface area contributed by atoms with Crippen LogP contribution in [0.2, 0.25) is 0 Å². The highest BCUT2D eigenvalue weighted by Gasteiger charge is 2.14. The van der Waals surface area contributed by atoms with E-state index < -0.39 is 4.92 Å². The smallest absolute Gasteiger partial charge is 0.271 e. The van der Waals surface area contributed by atoms with Crippen molar-refractivity contribution in [3.63, 3.8) is 0 Å². The molecule has 1 aromatic carbocycles. The molecular weight excluding hydrogens is 222 g/mol. The fourth-order valence-electron chi connectivity index (χ4n) is 1.84. The number of non-ortho nitro benzene ring substituents is 1. The van der Waals surface area contributed by atoms with Crippen molar-refractivity contribution in [1.29, 1.82) is 0 Å². The lowest BCUT2D eigenvalue weighted by Crippen LogP contribution is -2.35. The van der Waals surface area contributed by atoms with Gasteiger partial charge < -0.3 is 10.5 Å². The number of anilines is 1. The van der Waals surface area contributed by atoms with Gasteiger partial charge in [-0.05, 0) is 11.6 Å². The van der Waals surface area contributed by atoms with Gasteiger partial charge in [0.2, 0.25) is 0 Å². The third-order valence-corrected chi connectivity index (χ3v) is 2.84. The Bertz CT molecular complexity index is 416. The second-order valence-corrected chi connectivity index (χ2v) is 4.03. The van der Waals surface area contributed by atoms with Crippen LogP contribution >= 0.6 is 0 Å². The maximum Gasteiger partial charge on any atom is 0.271 e. The zero-order valence-corrected chi connectivity index (χ0v) is 9.46. The summed E-state index contributed by atoms with van der Waals surface area (Å²) in [6.45, 7) is 3.92. The van der Waals surface area contributed by atoms with E-state index in [4.69, 9.17) is 10.5 Å². The van der Waals surface area contributed by atoms with Gasteiger partial charge in [0, 0.05) is 37.5 Å². The minimum Gasteiger partial charge on any atom is -0.398 e. The van der Waals surface area contributed by atoms with E-state index in [0.29, 0.717) is 12.2 Å². The number of hydrogen-bond acceptors (Lipinski definition) is 5. The van der Waals surface area contributed by atoms with Crippen molar-refractivity contribution in [2.45, 2.75) is 6.54 Å². The van der Waals surface area contributed by atoms with Crippen molar-refractivity contribution in [2.75, 3.05) is 32.0 Å². The lowest BCUT2D eigenvalue weighted by atomic mass is 10.1. The maximum absolute atomic E-state index is 10.6. The van der Waals surface area contributed by atoms with Gasteiger partial charge in [-0.2, -0.15) is 0 Å². The molecule has 0 radical (unpaired) electrons. The standard InChI is InChI=1S/C11H15N3O3/c12-11-7-10(14(15)16)2-1-9(11)8-13-3-5-17-6-4-13/h1-2,7H,3-6,8,12H2. The summed E-state index contributed by atoms with van der Waals surface area (Å²) >= 11 is 0. The molecule has 1 heterocycles. The molecular formula is C11H15N3O3. The first kappa shape index (κ1) is 11.8. The molecule has 0 saturated carbocycles. The third-order valence-electron chi connectivity index (χ3n) is 2.84. The van der Waals surface area contributed by atoms with Crippen LogP contribution in [-0.4, -0.2) is 36.1 Å². The quantitative estimate of drug-likeness (QED) is 0.482. The predicted octanol–water partition coefficient (Wildman–Crippen LogP) is 1.01. The van der Waals surface area contributed by atoms with Gasteiger partial charge in [0.05, 0.1) is 18.1 Å². The molecule has 0 atom stereocenters. The van der Waals surface area contributed by atoms with Gasteiger partial charge >= 0.3 is 0 Å². The lowest BCUT2D eigenvalue weighted by molar-refractivity contribution is -0.384. The van der Waals surface area contributed by atoms with E-state index in [2.05, 4.69) is 4.90 Å². The van der Waals surface area contributed by atoms with E-state index in [9.17, 15) is 10.1 Å². The van der Waals surface area contributed by atoms with Crippen molar-refractivity contribution >= 4 is 11.4 Å². The average molecular weight is 237 g/mol. The summed E-state index contributed by atoms with van der Waals surface area (Å²) in [5.41, 5.74) is 7.26. The van der Waals surface area contributed by atoms with Crippen LogP contribution in [0.25, 0.3) is 0 Å². The lowest BCUT2D eigenvalue weighted by Gasteiger charge is -2.26. The van der Waals surface area contributed by atoms with Crippen molar-refractivity contribution in [1.82, 2.24) is 4.90 Å². The Kier molecular flexibility index (Phi) is 3.55. The number of nitrogens with zero attached hydrogens (tertiary/aromatic N) is 2. The average Bonchev–Trinajstić information content (AvgIpc) is 2.33. The molecule has 1 aliphatic heterocycles. The molecule has 1 saturated heterocycles. The molecule has 2 rings (SSSR count). The predicted molar refractivity (Wildman–Crippen MR) is 63.6 cm³/mol. The summed E-state index contributed by atoms with van der Waals surface area (Å²) in [5, 5.41) is 10.6. The molecule has 1 aromatic rings. The Morgan fingerprint density at radius 3 is 2.71 bits per heavy atom. The number of morpholine rings is 1. The monoisotopic (exact) mass is 237 g/mol. The van der Waals surface area contributed by atoms with E-state index in [-0.39, 0.29) is 5.69 Å². The number of benzene rings is 1. The SMILES string of the molecule is Nc1cc([N+](=O)[O-])ccc1CN1CCOCC1. The van der Waals surface area contributed by atoms with Crippen LogP contribution in [0.1, 0.15) is 5.56 Å². The molecule has 0 bridgehead atoms. The summed E-state index contributed by atoms with van der Waals surface area (Å²) in [4.78, 5) is 12.4. The number of hydrogen-bond donors (Lipinski definition) is 1. The van der Waals surface area contributed by atoms with Crippen molar-refractivity contribution in [2.24, 2.45) is 0 Å². The number of nitro groups is 1. The van der Waals surface area contributed by atoms with Crippen LogP contribution in [-0.2, 0) is 11.3 Å². The number of nitrogens with two attached hydrogens (primary N) is 1. The van der Waals surface area contributed by atoms with Crippen LogP contribution < -0.4 is 5.73 Å². The molecule has 1 fully saturated rings. The van der Waals surface area contributed by atoms with Gasteiger partial charge in [0.25, 0.3) is 5.69 Å². The molecule has 2 N–H and O–H groups in total. The van der Waals surface area contributed by atoms with Gasteiger partial charge in [0.15, 0.2) is 0 Å². The second-order valence-electron chi connectivity index (χ2n) is 4.03. The normalized spacial score (nSPS) is 16.9. The molecule has 92 valence electrons. The second kappa shape index (κ2) is 5.11. The Morgan fingerprint density at radius 2 is 2.12 bits per heavy atom. The number of nitro benzene ring substituents is 1. The Hall–Kier alpha value is -1.66. The molecule has 0 aliphatic carbocycles. The van der Waals surface area contributed by atoms with E-state index in [1.165, 1.54) is 12.1 Å². The van der Waals surface area contributed by atoms with Crippen molar-refractivity contribution in [3.05, 3.63) is 33.9 Å². The van der Waals surface area contributed by atoms with Crippen LogP contribution in [0.4, 0.5) is 11.4 Å². The van der Waals surface area contributed by atoms with Gasteiger partial charge in [-0.25, -0.2) is 0 Å². The molecule has 0 unspecified atom stereocenters. The van der Waals surface area contributed by atoms with E-state index in [0.717, 1.165) is 31.9 Å². The summed E-state index contributed by atoms with van der Waals surface area (Å²) in [6.07, 6.45) is 0. The van der Waals surface area contributed by atoms with E-state index in [1.54, 1.807) is 6.07 Å². The van der Waals surface area contributed by atoms with Gasteiger partial charge in [0.1, 0.15) is 0 Å². The van der Waals surface area contributed by atoms with Gasteiger partial charge in [-0.3, -0.25) is 15.0 Å². The van der Waals surface area contributed by atoms with Crippen LogP contribution in [0.5, 0.6) is 0 Å². The first-order valence-electron chi connectivity index (χ1n) is 5.50. The topological polar surface area (TPSA) is 81.6 Å². The first-order valence-corrected chi connectivity index (χ1v) is 5.50. The van der Waals surface area contributed by atoms with Crippen LogP contribution in [0.3, 0.4) is 0 Å². The molecule has 0 amide bonds. The summed E-state index contributed by atoms with van der Waals surface area (Å²) in [5.74, 6) is 0. The molecule has 0 aromatic heterocycles. The number of rotatable bonds is 3. The third kappa shape index (κ3) is 2.92. The summed E-state index contributed by atoms with van der Waals surface area (Å²) < 4.78 is 5.26. The molecule has 17 heavy (non-hydrogen) atoms. The van der Waals surface area contributed by atoms with Gasteiger partial charge in [-0.1, -0.05) is 0 Å². The minimum absolute atomic E-state index is 0.0354. The fraction of sp³-hybridized carbons (Fsp3) is 0.455. The molecule has 1 aliphatic rings. The summed E-state index contributed by atoms with van der Waals surface area (Å²) in [6, 6.07) is 4.63. The number of nitrogen functional groups attached to an aromatic ring is 1. The zero-order chi connectivity index (χ0) is 12.3. The highest BCUT2D eigenvalue weighted by molar-refractivity contribution is 5.53. The first-order chi connectivity index (χ1) is 8.16. The minimum atomic E-state index is -0.436. The zero-order valence-electron chi connectivity index (χ0n) is 9.46. The molecule has 6 heteroatoms.